The van der Waals surface area contributed by atoms with E-state index in [2.05, 4.69) is 22.8 Å². The van der Waals surface area contributed by atoms with E-state index in [-0.39, 0.29) is 5.56 Å². The molecule has 0 aliphatic carbocycles. The number of aliphatic hydroxyl groups excluding tert-OH is 2. The topological polar surface area (TPSA) is 289 Å². The Morgan fingerprint density at radius 3 is 2.30 bits per heavy atom. The molecule has 1 saturated heterocycles. The molecule has 3 N–H and O–H groups in total. The summed E-state index contributed by atoms with van der Waals surface area (Å²) in [6.45, 7) is 0.431. The van der Waals surface area contributed by atoms with Crippen molar-refractivity contribution in [1.82, 2.24) is 10.2 Å². The summed E-state index contributed by atoms with van der Waals surface area (Å²) in [5.41, 5.74) is 0.577. The average Bonchev–Trinajstić information content (AvgIpc) is 3.42. The van der Waals surface area contributed by atoms with Gasteiger partial charge in [-0.1, -0.05) is 42.5 Å². The molecule has 2 aromatic rings. The molecule has 0 bridgehead atoms. The number of hydrogen-bond acceptors (Lipinski definition) is 17. The fraction of sp³-hybridized carbons (Fsp3) is 0.348. The number of urea groups is 1. The van der Waals surface area contributed by atoms with E-state index in [9.17, 15) is 52.8 Å². The highest BCUT2D eigenvalue weighted by molar-refractivity contribution is 7.69. The highest BCUT2D eigenvalue weighted by Crippen LogP contribution is 2.67. The molecule has 0 saturated carbocycles. The molecule has 1 fully saturated rings. The van der Waals surface area contributed by atoms with E-state index < -0.39 is 80.6 Å². The number of allylic oxidation sites excluding steroid dienone is 1. The fourth-order valence-electron chi connectivity index (χ4n) is 4.79. The number of benzene rings is 2. The number of rotatable bonds is 12. The average molecular weight is 724 g/mol. The lowest BCUT2D eigenvalue weighted by Crippen LogP contribution is -2.54. The molecule has 46 heavy (non-hydrogen) atoms. The number of fused-ring (bicyclic) bond motifs is 2. The highest BCUT2D eigenvalue weighted by Gasteiger charge is 2.48. The van der Waals surface area contributed by atoms with Gasteiger partial charge in [0.2, 0.25) is 6.23 Å². The summed E-state index contributed by atoms with van der Waals surface area (Å²) in [5, 5.41) is 24.3. The van der Waals surface area contributed by atoms with Gasteiger partial charge in [0.15, 0.2) is 6.23 Å². The van der Waals surface area contributed by atoms with Gasteiger partial charge in [-0.25, -0.2) is 13.4 Å². The van der Waals surface area contributed by atoms with E-state index >= 15 is 0 Å². The molecule has 9 atom stereocenters. The summed E-state index contributed by atoms with van der Waals surface area (Å²) in [5.74, 6) is 0.478. The summed E-state index contributed by atoms with van der Waals surface area (Å²) in [7, 11) is -24.2. The van der Waals surface area contributed by atoms with Crippen LogP contribution in [0.1, 0.15) is 12.5 Å². The zero-order chi connectivity index (χ0) is 33.7. The molecule has 5 rings (SSSR count). The SMILES string of the molecule is CC1=CC2=CN([C@@H]3O[C@H](COP(=O)([O-])OP(=O)([O-])OP(=O)([O-])OP(=O)([O-])Cc4cccc5ccccc45)[C@H](O)C3O)C(=O)NC2O1. The lowest BCUT2D eigenvalue weighted by molar-refractivity contribution is -0.251. The predicted octanol–water partition coefficient (Wildman–Crippen LogP) is -0.0193. The van der Waals surface area contributed by atoms with Gasteiger partial charge in [0.25, 0.3) is 23.5 Å². The Morgan fingerprint density at radius 1 is 0.913 bits per heavy atom. The van der Waals surface area contributed by atoms with Gasteiger partial charge < -0.3 is 48.3 Å². The molecule has 0 aromatic heterocycles. The third kappa shape index (κ3) is 8.23. The zero-order valence-corrected chi connectivity index (χ0v) is 26.8. The van der Waals surface area contributed by atoms with Crippen LogP contribution in [0.3, 0.4) is 0 Å². The highest BCUT2D eigenvalue weighted by atomic mass is 31.3. The number of aliphatic hydroxyl groups is 2. The second-order valence-electron chi connectivity index (χ2n) is 10.1. The van der Waals surface area contributed by atoms with Crippen molar-refractivity contribution in [3.8, 4) is 0 Å². The molecular weight excluding hydrogens is 700 g/mol. The molecule has 3 heterocycles. The van der Waals surface area contributed by atoms with Crippen molar-refractivity contribution < 1.29 is 79.8 Å². The van der Waals surface area contributed by atoms with Gasteiger partial charge in [-0.2, -0.15) is 0 Å². The Balaban J connectivity index is 1.17. The molecule has 23 heteroatoms. The van der Waals surface area contributed by atoms with E-state index in [1.165, 1.54) is 18.3 Å². The van der Waals surface area contributed by atoms with Crippen molar-refractivity contribution >= 4 is 47.9 Å². The summed E-state index contributed by atoms with van der Waals surface area (Å²) in [6.07, 6.45) is -5.88. The predicted molar refractivity (Wildman–Crippen MR) is 145 cm³/mol. The second-order valence-corrected chi connectivity index (χ2v) is 16.5. The number of phosphoric ester groups is 1. The molecule has 0 spiro atoms. The van der Waals surface area contributed by atoms with Crippen molar-refractivity contribution in [3.05, 3.63) is 71.6 Å². The molecule has 2 amide bonds. The van der Waals surface area contributed by atoms with Crippen LogP contribution in [0.2, 0.25) is 0 Å². The summed E-state index contributed by atoms with van der Waals surface area (Å²) >= 11 is 0. The summed E-state index contributed by atoms with van der Waals surface area (Å²) in [4.78, 5) is 62.2. The van der Waals surface area contributed by atoms with E-state index in [0.29, 0.717) is 22.1 Å². The molecule has 3 aliphatic heterocycles. The minimum atomic E-state index is -6.44. The molecule has 2 aromatic carbocycles. The van der Waals surface area contributed by atoms with Crippen molar-refractivity contribution in [2.24, 2.45) is 0 Å². The van der Waals surface area contributed by atoms with Gasteiger partial charge in [-0.05, 0) is 29.3 Å². The van der Waals surface area contributed by atoms with Gasteiger partial charge in [-0.15, -0.1) is 0 Å². The Morgan fingerprint density at radius 2 is 1.57 bits per heavy atom. The van der Waals surface area contributed by atoms with Crippen LogP contribution in [-0.4, -0.2) is 58.5 Å². The quantitative estimate of drug-likeness (QED) is 0.242. The molecular formula is C23H24N2O17P4-4. The maximum atomic E-state index is 12.5. The number of hydrogen-bond donors (Lipinski definition) is 3. The minimum Gasteiger partial charge on any atom is -0.778 e. The van der Waals surface area contributed by atoms with E-state index in [1.54, 1.807) is 43.3 Å². The van der Waals surface area contributed by atoms with Gasteiger partial charge in [0.1, 0.15) is 25.9 Å². The number of carbonyl (C=O) groups is 1. The van der Waals surface area contributed by atoms with E-state index in [1.807, 2.05) is 0 Å². The van der Waals surface area contributed by atoms with Crippen molar-refractivity contribution in [1.29, 1.82) is 0 Å². The lowest BCUT2D eigenvalue weighted by Gasteiger charge is -2.37. The minimum absolute atomic E-state index is 0.111. The van der Waals surface area contributed by atoms with E-state index in [4.69, 9.17) is 9.47 Å². The maximum absolute atomic E-state index is 12.5. The lowest BCUT2D eigenvalue weighted by atomic mass is 10.1. The van der Waals surface area contributed by atoms with Gasteiger partial charge in [0.05, 0.1) is 12.4 Å². The largest absolute Gasteiger partial charge is 0.778 e. The number of amides is 2. The number of carbonyl (C=O) groups excluding carboxylic acids is 1. The number of phosphoric acid groups is 3. The van der Waals surface area contributed by atoms with Crippen LogP contribution in [0.15, 0.2) is 66.1 Å². The van der Waals surface area contributed by atoms with Crippen LogP contribution in [0, 0.1) is 0 Å². The van der Waals surface area contributed by atoms with Gasteiger partial charge in [-0.3, -0.25) is 28.2 Å². The Kier molecular flexibility index (Phi) is 9.89. The van der Waals surface area contributed by atoms with Crippen LogP contribution < -0.4 is 24.9 Å². The van der Waals surface area contributed by atoms with Gasteiger partial charge in [0, 0.05) is 17.9 Å². The maximum Gasteiger partial charge on any atom is 0.326 e. The van der Waals surface area contributed by atoms with Gasteiger partial charge >= 0.3 is 6.03 Å². The monoisotopic (exact) mass is 724 g/mol. The summed E-state index contributed by atoms with van der Waals surface area (Å²) < 4.78 is 75.3. The first kappa shape index (κ1) is 35.0. The standard InChI is InChI=1S/C23H28N2O17P4/c1-13-9-16-10-25(23(28)24-21(16)38-13)22-20(27)19(26)18(39-22)11-37-44(31,32)41-46(35,36)42-45(33,34)40-43(29,30)12-15-7-4-6-14-5-2-3-8-17(14)15/h2-10,18-22,26-27H,11-12H2,1H3,(H,24,28)(H,29,30)(H,31,32)(H,33,34)(H,35,36)/p-4/t18-,19+,20?,21?,22-/m1/s1. The number of nitrogens with one attached hydrogen (secondary N) is 1. The molecule has 6 unspecified atom stereocenters. The first-order chi connectivity index (χ1) is 21.3. The van der Waals surface area contributed by atoms with Crippen LogP contribution in [-0.2, 0) is 51.4 Å². The number of nitrogens with zero attached hydrogens (tertiary/aromatic N) is 1. The van der Waals surface area contributed by atoms with Crippen LogP contribution >= 0.6 is 31.1 Å². The number of ether oxygens (including phenoxy) is 2. The second kappa shape index (κ2) is 13.0. The molecule has 19 nitrogen and oxygen atoms in total. The van der Waals surface area contributed by atoms with Crippen molar-refractivity contribution in [2.75, 3.05) is 6.61 Å². The summed E-state index contributed by atoms with van der Waals surface area (Å²) in [6, 6.07) is 10.2. The first-order valence-electron chi connectivity index (χ1n) is 13.0. The Bertz CT molecular complexity index is 1780. The van der Waals surface area contributed by atoms with E-state index in [0.717, 1.165) is 4.90 Å². The molecule has 3 aliphatic rings. The van der Waals surface area contributed by atoms with Crippen LogP contribution in [0.25, 0.3) is 10.8 Å². The van der Waals surface area contributed by atoms with Crippen molar-refractivity contribution in [2.45, 2.75) is 43.9 Å². The van der Waals surface area contributed by atoms with Crippen molar-refractivity contribution in [3.63, 3.8) is 0 Å². The zero-order valence-electron chi connectivity index (χ0n) is 23.3. The third-order valence-corrected chi connectivity index (χ3v) is 12.8. The Hall–Kier alpha value is -2.27. The first-order valence-corrected chi connectivity index (χ1v) is 19.1. The Labute approximate surface area is 259 Å². The third-order valence-electron chi connectivity index (χ3n) is 6.63. The smallest absolute Gasteiger partial charge is 0.326 e. The molecule has 252 valence electrons. The normalized spacial score (nSPS) is 29.8. The fourth-order valence-corrected chi connectivity index (χ4v) is 10.2. The molecule has 0 radical (unpaired) electrons. The van der Waals surface area contributed by atoms with Crippen LogP contribution in [0.4, 0.5) is 4.79 Å². The van der Waals surface area contributed by atoms with Crippen LogP contribution in [0.5, 0.6) is 0 Å².